The van der Waals surface area contributed by atoms with E-state index < -0.39 is 0 Å². The number of hydrogen-bond donors (Lipinski definition) is 2. The average molecular weight is 263 g/mol. The van der Waals surface area contributed by atoms with Crippen molar-refractivity contribution < 1.29 is 4.79 Å². The maximum Gasteiger partial charge on any atom is 0.254 e. The molecule has 0 heterocycles. The molecule has 0 radical (unpaired) electrons. The molecule has 0 aliphatic heterocycles. The molecule has 0 atom stereocenters. The van der Waals surface area contributed by atoms with E-state index in [0.29, 0.717) is 5.56 Å². The Morgan fingerprint density at radius 3 is 2.37 bits per heavy atom. The highest BCUT2D eigenvalue weighted by molar-refractivity contribution is 5.94. The lowest BCUT2D eigenvalue weighted by molar-refractivity contribution is 0.0702. The molecule has 4 heteroatoms. The van der Waals surface area contributed by atoms with Gasteiger partial charge in [-0.1, -0.05) is 19.8 Å². The average Bonchev–Trinajstić information content (AvgIpc) is 2.42. The highest BCUT2D eigenvalue weighted by atomic mass is 16.2. The quantitative estimate of drug-likeness (QED) is 0.451. The topological polar surface area (TPSA) is 58.4 Å². The van der Waals surface area contributed by atoms with Crippen LogP contribution in [0.25, 0.3) is 0 Å². The monoisotopic (exact) mass is 263 g/mol. The summed E-state index contributed by atoms with van der Waals surface area (Å²) in [4.78, 5) is 14.4. The van der Waals surface area contributed by atoms with E-state index in [9.17, 15) is 4.79 Å². The van der Waals surface area contributed by atoms with Crippen molar-refractivity contribution in [2.45, 2.75) is 46.1 Å². The minimum Gasteiger partial charge on any atom is -0.336 e. The fraction of sp³-hybridized carbons (Fsp3) is 0.533. The van der Waals surface area contributed by atoms with Crippen LogP contribution in [0.4, 0.5) is 5.69 Å². The van der Waals surface area contributed by atoms with Crippen LogP contribution in [0, 0.1) is 0 Å². The minimum absolute atomic E-state index is 0.0923. The molecule has 19 heavy (non-hydrogen) atoms. The van der Waals surface area contributed by atoms with E-state index in [1.165, 1.54) is 0 Å². The van der Waals surface area contributed by atoms with E-state index in [-0.39, 0.29) is 11.9 Å². The van der Waals surface area contributed by atoms with Gasteiger partial charge < -0.3 is 10.3 Å². The molecule has 0 saturated carbocycles. The summed E-state index contributed by atoms with van der Waals surface area (Å²) < 4.78 is 0. The molecule has 0 spiro atoms. The Hall–Kier alpha value is -1.55. The van der Waals surface area contributed by atoms with Crippen LogP contribution in [-0.4, -0.2) is 23.4 Å². The molecule has 1 rings (SSSR count). The number of hydrogen-bond acceptors (Lipinski definition) is 3. The first-order valence-electron chi connectivity index (χ1n) is 6.97. The summed E-state index contributed by atoms with van der Waals surface area (Å²) in [6.07, 6.45) is 3.38. The highest BCUT2D eigenvalue weighted by Crippen LogP contribution is 2.13. The summed E-state index contributed by atoms with van der Waals surface area (Å²) in [5.74, 6) is 5.41. The van der Waals surface area contributed by atoms with Gasteiger partial charge in [-0.2, -0.15) is 0 Å². The molecule has 106 valence electrons. The molecule has 0 bridgehead atoms. The number of rotatable bonds is 7. The second-order valence-corrected chi connectivity index (χ2v) is 5.02. The van der Waals surface area contributed by atoms with Gasteiger partial charge in [0.15, 0.2) is 0 Å². The fourth-order valence-electron chi connectivity index (χ4n) is 2.00. The molecular weight excluding hydrogens is 238 g/mol. The van der Waals surface area contributed by atoms with Gasteiger partial charge >= 0.3 is 0 Å². The number of benzene rings is 1. The first-order chi connectivity index (χ1) is 9.10. The smallest absolute Gasteiger partial charge is 0.254 e. The summed E-state index contributed by atoms with van der Waals surface area (Å²) in [5.41, 5.74) is 4.08. The second kappa shape index (κ2) is 7.79. The summed E-state index contributed by atoms with van der Waals surface area (Å²) in [6.45, 7) is 7.10. The molecule has 0 aliphatic carbocycles. The van der Waals surface area contributed by atoms with Crippen molar-refractivity contribution in [3.8, 4) is 0 Å². The maximum atomic E-state index is 12.5. The lowest BCUT2D eigenvalue weighted by Crippen LogP contribution is -2.37. The minimum atomic E-state index is 0.0923. The standard InChI is InChI=1S/C15H25N3O/c1-4-5-6-11-18(12(2)3)15(19)13-7-9-14(17-16)10-8-13/h7-10,12,17H,4-6,11,16H2,1-3H3. The van der Waals surface area contributed by atoms with E-state index >= 15 is 0 Å². The molecule has 0 unspecified atom stereocenters. The van der Waals surface area contributed by atoms with Gasteiger partial charge in [0.2, 0.25) is 0 Å². The Balaban J connectivity index is 2.74. The molecule has 1 amide bonds. The predicted molar refractivity (Wildman–Crippen MR) is 79.9 cm³/mol. The summed E-state index contributed by atoms with van der Waals surface area (Å²) in [7, 11) is 0. The van der Waals surface area contributed by atoms with Gasteiger partial charge in [0.1, 0.15) is 0 Å². The van der Waals surface area contributed by atoms with Crippen LogP contribution in [0.3, 0.4) is 0 Å². The largest absolute Gasteiger partial charge is 0.336 e. The van der Waals surface area contributed by atoms with Crippen LogP contribution >= 0.6 is 0 Å². The number of anilines is 1. The lowest BCUT2D eigenvalue weighted by Gasteiger charge is -2.27. The number of carbonyl (C=O) groups is 1. The number of amides is 1. The predicted octanol–water partition coefficient (Wildman–Crippen LogP) is 3.01. The maximum absolute atomic E-state index is 12.5. The van der Waals surface area contributed by atoms with Crippen LogP contribution < -0.4 is 11.3 Å². The molecule has 0 saturated heterocycles. The molecule has 1 aromatic carbocycles. The van der Waals surface area contributed by atoms with E-state index in [0.717, 1.165) is 31.5 Å². The lowest BCUT2D eigenvalue weighted by atomic mass is 10.1. The van der Waals surface area contributed by atoms with Crippen LogP contribution in [0.2, 0.25) is 0 Å². The SMILES string of the molecule is CCCCCN(C(=O)c1ccc(NN)cc1)C(C)C. The first-order valence-corrected chi connectivity index (χ1v) is 6.97. The number of unbranched alkanes of at least 4 members (excludes halogenated alkanes) is 2. The van der Waals surface area contributed by atoms with Gasteiger partial charge in [-0.3, -0.25) is 10.6 Å². The second-order valence-electron chi connectivity index (χ2n) is 5.02. The zero-order valence-electron chi connectivity index (χ0n) is 12.1. The molecule has 0 fully saturated rings. The van der Waals surface area contributed by atoms with Crippen molar-refractivity contribution >= 4 is 11.6 Å². The Kier molecular flexibility index (Phi) is 6.36. The van der Waals surface area contributed by atoms with E-state index in [1.807, 2.05) is 29.2 Å². The number of nitrogens with one attached hydrogen (secondary N) is 1. The number of hydrazine groups is 1. The van der Waals surface area contributed by atoms with E-state index in [4.69, 9.17) is 5.84 Å². The molecular formula is C15H25N3O. The van der Waals surface area contributed by atoms with Gasteiger partial charge in [0, 0.05) is 23.8 Å². The number of nitrogens with zero attached hydrogens (tertiary/aromatic N) is 1. The number of carbonyl (C=O) groups excluding carboxylic acids is 1. The Labute approximate surface area is 115 Å². The van der Waals surface area contributed by atoms with Crippen LogP contribution in [0.1, 0.15) is 50.4 Å². The zero-order chi connectivity index (χ0) is 14.3. The van der Waals surface area contributed by atoms with Crippen molar-refractivity contribution in [2.24, 2.45) is 5.84 Å². The van der Waals surface area contributed by atoms with Crippen LogP contribution in [0.5, 0.6) is 0 Å². The highest BCUT2D eigenvalue weighted by Gasteiger charge is 2.17. The van der Waals surface area contributed by atoms with Crippen molar-refractivity contribution in [1.82, 2.24) is 4.90 Å². The number of nitrogens with two attached hydrogens (primary N) is 1. The van der Waals surface area contributed by atoms with E-state index in [1.54, 1.807) is 0 Å². The first kappa shape index (κ1) is 15.5. The molecule has 3 N–H and O–H groups in total. The molecule has 4 nitrogen and oxygen atoms in total. The summed E-state index contributed by atoms with van der Waals surface area (Å²) in [5, 5.41) is 0. The van der Waals surface area contributed by atoms with Crippen molar-refractivity contribution in [3.05, 3.63) is 29.8 Å². The number of nitrogen functional groups attached to an aromatic ring is 1. The van der Waals surface area contributed by atoms with Gasteiger partial charge in [0.25, 0.3) is 5.91 Å². The third-order valence-electron chi connectivity index (χ3n) is 3.19. The summed E-state index contributed by atoms with van der Waals surface area (Å²) >= 11 is 0. The molecule has 1 aromatic rings. The van der Waals surface area contributed by atoms with Crippen molar-refractivity contribution in [2.75, 3.05) is 12.0 Å². The Morgan fingerprint density at radius 2 is 1.89 bits per heavy atom. The Bertz CT molecular complexity index is 387. The van der Waals surface area contributed by atoms with Crippen molar-refractivity contribution in [1.29, 1.82) is 0 Å². The van der Waals surface area contributed by atoms with Crippen LogP contribution in [0.15, 0.2) is 24.3 Å². The van der Waals surface area contributed by atoms with Crippen molar-refractivity contribution in [3.63, 3.8) is 0 Å². The third-order valence-corrected chi connectivity index (χ3v) is 3.19. The van der Waals surface area contributed by atoms with Gasteiger partial charge in [-0.15, -0.1) is 0 Å². The van der Waals surface area contributed by atoms with Crippen LogP contribution in [-0.2, 0) is 0 Å². The normalized spacial score (nSPS) is 10.6. The summed E-state index contributed by atoms with van der Waals surface area (Å²) in [6, 6.07) is 7.48. The van der Waals surface area contributed by atoms with E-state index in [2.05, 4.69) is 26.2 Å². The molecule has 0 aromatic heterocycles. The fourth-order valence-corrected chi connectivity index (χ4v) is 2.00. The van der Waals surface area contributed by atoms with Gasteiger partial charge in [-0.05, 0) is 44.5 Å². The third kappa shape index (κ3) is 4.56. The molecule has 0 aliphatic rings. The Morgan fingerprint density at radius 1 is 1.26 bits per heavy atom. The van der Waals surface area contributed by atoms with Gasteiger partial charge in [0.05, 0.1) is 0 Å². The van der Waals surface area contributed by atoms with Gasteiger partial charge in [-0.25, -0.2) is 0 Å². The zero-order valence-corrected chi connectivity index (χ0v) is 12.1.